The Bertz CT molecular complexity index is 692. The van der Waals surface area contributed by atoms with Gasteiger partial charge in [-0.05, 0) is 31.7 Å². The van der Waals surface area contributed by atoms with E-state index in [4.69, 9.17) is 4.74 Å². The number of unbranched alkanes of at least 4 members (excludes halogenated alkanes) is 4. The maximum Gasteiger partial charge on any atom is 0.310 e. The Morgan fingerprint density at radius 1 is 1.10 bits per heavy atom. The first-order chi connectivity index (χ1) is 15.0. The first-order valence-corrected chi connectivity index (χ1v) is 11.8. The van der Waals surface area contributed by atoms with Crippen molar-refractivity contribution in [3.05, 3.63) is 35.9 Å². The number of ether oxygens (including phenoxy) is 1. The van der Waals surface area contributed by atoms with Gasteiger partial charge in [0.05, 0.1) is 12.5 Å². The molecule has 6 heteroatoms. The Balaban J connectivity index is 2.00. The minimum absolute atomic E-state index is 0.0790. The minimum atomic E-state index is -0.619. The summed E-state index contributed by atoms with van der Waals surface area (Å²) in [5.74, 6) is -0.720. The number of rotatable bonds is 12. The zero-order valence-electron chi connectivity index (χ0n) is 19.1. The van der Waals surface area contributed by atoms with Crippen molar-refractivity contribution in [2.24, 2.45) is 5.92 Å². The van der Waals surface area contributed by atoms with Gasteiger partial charge in [-0.15, -0.1) is 0 Å². The lowest BCUT2D eigenvalue weighted by atomic mass is 9.96. The average molecular weight is 431 g/mol. The fraction of sp³-hybridized carbons (Fsp3) is 0.640. The smallest absolute Gasteiger partial charge is 0.310 e. The maximum absolute atomic E-state index is 13.3. The molecule has 6 nitrogen and oxygen atoms in total. The van der Waals surface area contributed by atoms with Gasteiger partial charge in [0.2, 0.25) is 11.8 Å². The monoisotopic (exact) mass is 430 g/mol. The van der Waals surface area contributed by atoms with Crippen molar-refractivity contribution in [1.29, 1.82) is 0 Å². The Hall–Kier alpha value is -2.37. The van der Waals surface area contributed by atoms with E-state index in [1.807, 2.05) is 30.3 Å². The molecule has 2 unspecified atom stereocenters. The van der Waals surface area contributed by atoms with Crippen LogP contribution in [0, 0.1) is 5.92 Å². The molecule has 2 atom stereocenters. The van der Waals surface area contributed by atoms with Crippen LogP contribution in [0.15, 0.2) is 30.3 Å². The number of amides is 2. The maximum atomic E-state index is 13.3. The summed E-state index contributed by atoms with van der Waals surface area (Å²) < 4.78 is 5.16. The summed E-state index contributed by atoms with van der Waals surface area (Å²) >= 11 is 0. The number of likely N-dealkylation sites (tertiary alicyclic amines) is 1. The summed E-state index contributed by atoms with van der Waals surface area (Å²) in [6.45, 7) is 5.26. The van der Waals surface area contributed by atoms with Crippen molar-refractivity contribution in [3.63, 3.8) is 0 Å². The van der Waals surface area contributed by atoms with Crippen LogP contribution in [-0.4, -0.2) is 48.4 Å². The molecule has 2 rings (SSSR count). The number of esters is 1. The molecule has 1 saturated heterocycles. The van der Waals surface area contributed by atoms with E-state index in [1.54, 1.807) is 11.8 Å². The SMILES string of the molecule is CCCCCCCC(=O)NC(Cc1ccccc1)C(=O)N1CCCC(C(=O)OCC)C1. The molecule has 0 aromatic heterocycles. The number of hydrogen-bond donors (Lipinski definition) is 1. The molecule has 1 N–H and O–H groups in total. The molecule has 31 heavy (non-hydrogen) atoms. The van der Waals surface area contributed by atoms with Crippen LogP contribution in [0.5, 0.6) is 0 Å². The lowest BCUT2D eigenvalue weighted by Crippen LogP contribution is -2.53. The van der Waals surface area contributed by atoms with E-state index in [2.05, 4.69) is 12.2 Å². The zero-order valence-corrected chi connectivity index (χ0v) is 19.1. The van der Waals surface area contributed by atoms with Crippen molar-refractivity contribution in [1.82, 2.24) is 10.2 Å². The van der Waals surface area contributed by atoms with Gasteiger partial charge in [0, 0.05) is 25.9 Å². The largest absolute Gasteiger partial charge is 0.466 e. The molecular weight excluding hydrogens is 392 g/mol. The molecule has 0 spiro atoms. The summed E-state index contributed by atoms with van der Waals surface area (Å²) in [4.78, 5) is 39.8. The number of carbonyl (C=O) groups excluding carboxylic acids is 3. The van der Waals surface area contributed by atoms with Gasteiger partial charge in [0.15, 0.2) is 0 Å². The van der Waals surface area contributed by atoms with E-state index < -0.39 is 6.04 Å². The van der Waals surface area contributed by atoms with Gasteiger partial charge in [0.1, 0.15) is 6.04 Å². The van der Waals surface area contributed by atoms with Gasteiger partial charge >= 0.3 is 5.97 Å². The number of nitrogens with zero attached hydrogens (tertiary/aromatic N) is 1. The summed E-state index contributed by atoms with van der Waals surface area (Å²) in [6.07, 6.45) is 7.75. The summed E-state index contributed by atoms with van der Waals surface area (Å²) in [7, 11) is 0. The highest BCUT2D eigenvalue weighted by Crippen LogP contribution is 2.19. The van der Waals surface area contributed by atoms with Crippen LogP contribution in [-0.2, 0) is 25.5 Å². The molecule has 0 saturated carbocycles. The normalized spacial score (nSPS) is 17.1. The molecule has 1 heterocycles. The third kappa shape index (κ3) is 8.72. The average Bonchev–Trinajstić information content (AvgIpc) is 2.79. The Kier molecular flexibility index (Phi) is 11.1. The molecule has 1 fully saturated rings. The third-order valence-corrected chi connectivity index (χ3v) is 5.78. The van der Waals surface area contributed by atoms with E-state index in [-0.39, 0.29) is 23.7 Å². The summed E-state index contributed by atoms with van der Waals surface area (Å²) in [5, 5.41) is 2.98. The molecular formula is C25H38N2O4. The molecule has 0 aliphatic carbocycles. The molecule has 1 aromatic carbocycles. The van der Waals surface area contributed by atoms with Crippen molar-refractivity contribution in [3.8, 4) is 0 Å². The second-order valence-corrected chi connectivity index (χ2v) is 8.35. The number of benzene rings is 1. The lowest BCUT2D eigenvalue weighted by Gasteiger charge is -2.34. The second-order valence-electron chi connectivity index (χ2n) is 8.35. The van der Waals surface area contributed by atoms with Crippen LogP contribution >= 0.6 is 0 Å². The van der Waals surface area contributed by atoms with Gasteiger partial charge < -0.3 is 15.0 Å². The standard InChI is InChI=1S/C25H38N2O4/c1-3-5-6-7-11-16-23(28)26-22(18-20-13-9-8-10-14-20)24(29)27-17-12-15-21(19-27)25(30)31-4-2/h8-10,13-14,21-22H,3-7,11-12,15-19H2,1-2H3,(H,26,28). The van der Waals surface area contributed by atoms with E-state index >= 15 is 0 Å². The van der Waals surface area contributed by atoms with Crippen LogP contribution in [0.4, 0.5) is 0 Å². The highest BCUT2D eigenvalue weighted by molar-refractivity contribution is 5.88. The van der Waals surface area contributed by atoms with E-state index in [1.165, 1.54) is 12.8 Å². The Labute approximate surface area is 186 Å². The zero-order chi connectivity index (χ0) is 22.5. The fourth-order valence-corrected chi connectivity index (χ4v) is 4.06. The van der Waals surface area contributed by atoms with Crippen LogP contribution in [0.1, 0.15) is 70.8 Å². The lowest BCUT2D eigenvalue weighted by molar-refractivity contribution is -0.152. The van der Waals surface area contributed by atoms with Crippen LogP contribution < -0.4 is 5.32 Å². The molecule has 0 bridgehead atoms. The van der Waals surface area contributed by atoms with Crippen molar-refractivity contribution < 1.29 is 19.1 Å². The number of nitrogens with one attached hydrogen (secondary N) is 1. The molecule has 0 radical (unpaired) electrons. The topological polar surface area (TPSA) is 75.7 Å². The van der Waals surface area contributed by atoms with Gasteiger partial charge in [-0.1, -0.05) is 62.9 Å². The number of carbonyl (C=O) groups is 3. The number of hydrogen-bond acceptors (Lipinski definition) is 4. The summed E-state index contributed by atoms with van der Waals surface area (Å²) in [5.41, 5.74) is 1.00. The second kappa shape index (κ2) is 13.8. The highest BCUT2D eigenvalue weighted by Gasteiger charge is 2.33. The van der Waals surface area contributed by atoms with Crippen LogP contribution in [0.3, 0.4) is 0 Å². The molecule has 172 valence electrons. The predicted molar refractivity (Wildman–Crippen MR) is 121 cm³/mol. The molecule has 1 aliphatic heterocycles. The minimum Gasteiger partial charge on any atom is -0.466 e. The first kappa shape index (κ1) is 24.9. The van der Waals surface area contributed by atoms with E-state index in [9.17, 15) is 14.4 Å². The third-order valence-electron chi connectivity index (χ3n) is 5.78. The van der Waals surface area contributed by atoms with Gasteiger partial charge in [-0.3, -0.25) is 14.4 Å². The van der Waals surface area contributed by atoms with E-state index in [0.717, 1.165) is 37.7 Å². The van der Waals surface area contributed by atoms with E-state index in [0.29, 0.717) is 32.5 Å². The fourth-order valence-electron chi connectivity index (χ4n) is 4.06. The Morgan fingerprint density at radius 3 is 2.55 bits per heavy atom. The quantitative estimate of drug-likeness (QED) is 0.403. The molecule has 1 aliphatic rings. The predicted octanol–water partition coefficient (Wildman–Crippen LogP) is 3.88. The summed E-state index contributed by atoms with van der Waals surface area (Å²) in [6, 6.07) is 9.12. The van der Waals surface area contributed by atoms with Gasteiger partial charge in [0.25, 0.3) is 0 Å². The van der Waals surface area contributed by atoms with Crippen molar-refractivity contribution in [2.45, 2.75) is 77.7 Å². The Morgan fingerprint density at radius 2 is 1.84 bits per heavy atom. The molecule has 2 amide bonds. The van der Waals surface area contributed by atoms with Gasteiger partial charge in [-0.25, -0.2) is 0 Å². The van der Waals surface area contributed by atoms with Gasteiger partial charge in [-0.2, -0.15) is 0 Å². The van der Waals surface area contributed by atoms with Crippen LogP contribution in [0.25, 0.3) is 0 Å². The van der Waals surface area contributed by atoms with Crippen LogP contribution in [0.2, 0.25) is 0 Å². The highest BCUT2D eigenvalue weighted by atomic mass is 16.5. The number of piperidine rings is 1. The first-order valence-electron chi connectivity index (χ1n) is 11.8. The molecule has 1 aromatic rings. The van der Waals surface area contributed by atoms with Crippen molar-refractivity contribution >= 4 is 17.8 Å². The van der Waals surface area contributed by atoms with Crippen molar-refractivity contribution in [2.75, 3.05) is 19.7 Å².